The number of hydrogen-bond donors (Lipinski definition) is 2. The molecule has 1 aromatic carbocycles. The van der Waals surface area contributed by atoms with Gasteiger partial charge in [-0.15, -0.1) is 0 Å². The molecule has 1 aliphatic heterocycles. The summed E-state index contributed by atoms with van der Waals surface area (Å²) in [6.45, 7) is 7.94. The molecular weight excluding hydrogens is 300 g/mol. The number of H-pyrrole nitrogens is 1. The van der Waals surface area contributed by atoms with Crippen LogP contribution in [0.25, 0.3) is 10.9 Å². The van der Waals surface area contributed by atoms with Crippen LogP contribution in [0.5, 0.6) is 0 Å². The molecule has 0 amide bonds. The molecule has 3 heterocycles. The van der Waals surface area contributed by atoms with Gasteiger partial charge in [-0.05, 0) is 26.8 Å². The second-order valence-electron chi connectivity index (χ2n) is 6.91. The first-order chi connectivity index (χ1) is 11.6. The molecule has 1 atom stereocenters. The van der Waals surface area contributed by atoms with Gasteiger partial charge in [0.15, 0.2) is 0 Å². The van der Waals surface area contributed by atoms with Crippen molar-refractivity contribution >= 4 is 10.9 Å². The number of aliphatic hydroxyl groups is 1. The number of aromatic nitrogens is 3. The normalized spacial score (nSPS) is 18.5. The summed E-state index contributed by atoms with van der Waals surface area (Å²) in [5, 5.41) is 12.2. The second kappa shape index (κ2) is 5.76. The van der Waals surface area contributed by atoms with E-state index < -0.39 is 6.23 Å². The maximum Gasteiger partial charge on any atom is 0.136 e. The summed E-state index contributed by atoms with van der Waals surface area (Å²) in [6.07, 6.45) is 2.08. The molecule has 2 N–H and O–H groups in total. The average Bonchev–Trinajstić information content (AvgIpc) is 3.11. The van der Waals surface area contributed by atoms with Gasteiger partial charge in [0.2, 0.25) is 0 Å². The van der Waals surface area contributed by atoms with Crippen molar-refractivity contribution in [2.75, 3.05) is 6.54 Å². The van der Waals surface area contributed by atoms with Gasteiger partial charge >= 0.3 is 0 Å². The zero-order valence-electron chi connectivity index (χ0n) is 14.5. The predicted molar refractivity (Wildman–Crippen MR) is 94.7 cm³/mol. The van der Waals surface area contributed by atoms with E-state index in [1.54, 1.807) is 6.33 Å². The third-order valence-electron chi connectivity index (χ3n) is 5.10. The Morgan fingerprint density at radius 3 is 2.83 bits per heavy atom. The van der Waals surface area contributed by atoms with Crippen LogP contribution < -0.4 is 0 Å². The van der Waals surface area contributed by atoms with Crippen LogP contribution in [0.1, 0.15) is 48.8 Å². The third-order valence-corrected chi connectivity index (χ3v) is 5.10. The summed E-state index contributed by atoms with van der Waals surface area (Å²) in [7, 11) is 0. The monoisotopic (exact) mass is 324 g/mol. The van der Waals surface area contributed by atoms with Gasteiger partial charge in [-0.25, -0.2) is 4.98 Å². The van der Waals surface area contributed by atoms with Crippen LogP contribution in [-0.2, 0) is 13.0 Å². The maximum atomic E-state index is 11.1. The average molecular weight is 324 g/mol. The van der Waals surface area contributed by atoms with Crippen molar-refractivity contribution in [2.45, 2.75) is 46.0 Å². The molecule has 0 fully saturated rings. The number of aryl methyl sites for hydroxylation is 1. The highest BCUT2D eigenvalue weighted by atomic mass is 16.3. The fraction of sp³-hybridized carbons (Fsp3) is 0.421. The van der Waals surface area contributed by atoms with Crippen LogP contribution in [-0.4, -0.2) is 31.1 Å². The molecule has 0 spiro atoms. The van der Waals surface area contributed by atoms with Crippen molar-refractivity contribution in [3.63, 3.8) is 0 Å². The molecule has 2 aromatic heterocycles. The van der Waals surface area contributed by atoms with E-state index >= 15 is 0 Å². The van der Waals surface area contributed by atoms with Gasteiger partial charge in [0.05, 0.1) is 12.0 Å². The van der Waals surface area contributed by atoms with Gasteiger partial charge in [0.25, 0.3) is 0 Å². The molecule has 3 aromatic rings. The zero-order valence-corrected chi connectivity index (χ0v) is 14.5. The Hall–Kier alpha value is -2.11. The third kappa shape index (κ3) is 2.27. The van der Waals surface area contributed by atoms with Gasteiger partial charge < -0.3 is 14.7 Å². The van der Waals surface area contributed by atoms with E-state index in [0.717, 1.165) is 35.3 Å². The Balaban J connectivity index is 1.78. The first kappa shape index (κ1) is 15.4. The molecule has 1 aliphatic rings. The number of hydrogen-bond acceptors (Lipinski definition) is 3. The topological polar surface area (TPSA) is 57.1 Å². The lowest BCUT2D eigenvalue weighted by molar-refractivity contribution is -0.0128. The Bertz CT molecular complexity index is 877. The van der Waals surface area contributed by atoms with Crippen molar-refractivity contribution < 1.29 is 5.11 Å². The quantitative estimate of drug-likeness (QED) is 0.777. The molecule has 0 saturated carbocycles. The second-order valence-corrected chi connectivity index (χ2v) is 6.91. The minimum Gasteiger partial charge on any atom is -0.374 e. The van der Waals surface area contributed by atoms with Gasteiger partial charge in [0.1, 0.15) is 6.23 Å². The zero-order chi connectivity index (χ0) is 16.8. The lowest BCUT2D eigenvalue weighted by atomic mass is 10.0. The molecular formula is C19H24N4O. The molecule has 126 valence electrons. The number of aromatic amines is 1. The molecule has 0 saturated heterocycles. The van der Waals surface area contributed by atoms with Crippen LogP contribution in [0.3, 0.4) is 0 Å². The van der Waals surface area contributed by atoms with Crippen LogP contribution >= 0.6 is 0 Å². The van der Waals surface area contributed by atoms with Gasteiger partial charge in [-0.2, -0.15) is 0 Å². The molecule has 0 bridgehead atoms. The number of nitrogens with one attached hydrogen (secondary N) is 1. The number of rotatable bonds is 3. The number of imidazole rings is 1. The van der Waals surface area contributed by atoms with E-state index in [0.29, 0.717) is 12.6 Å². The number of nitrogens with zero attached hydrogens (tertiary/aromatic N) is 3. The molecule has 5 nitrogen and oxygen atoms in total. The molecule has 5 heteroatoms. The summed E-state index contributed by atoms with van der Waals surface area (Å²) in [6, 6.07) is 8.79. The number of para-hydroxylation sites is 1. The van der Waals surface area contributed by atoms with E-state index in [4.69, 9.17) is 0 Å². The smallest absolute Gasteiger partial charge is 0.136 e. The number of fused-ring (bicyclic) bond motifs is 3. The first-order valence-corrected chi connectivity index (χ1v) is 8.60. The van der Waals surface area contributed by atoms with Crippen LogP contribution in [0.2, 0.25) is 0 Å². The van der Waals surface area contributed by atoms with Gasteiger partial charge in [-0.3, -0.25) is 4.90 Å². The minimum absolute atomic E-state index is 0.381. The Kier molecular flexibility index (Phi) is 3.70. The van der Waals surface area contributed by atoms with E-state index in [1.807, 2.05) is 6.92 Å². The fourth-order valence-corrected chi connectivity index (χ4v) is 3.93. The first-order valence-electron chi connectivity index (χ1n) is 8.60. The standard InChI is InChI=1S/C19H24N4O/c1-12(2)23-16-7-5-4-6-14(16)18-17(23)8-9-22(19(18)24)10-15-13(3)20-11-21-15/h4-7,11-12,19,24H,8-10H2,1-3H3,(H,20,21). The van der Waals surface area contributed by atoms with Crippen LogP contribution in [0.15, 0.2) is 30.6 Å². The van der Waals surface area contributed by atoms with Crippen LogP contribution in [0, 0.1) is 6.92 Å². The summed E-state index contributed by atoms with van der Waals surface area (Å²) in [5.74, 6) is 0. The SMILES string of the molecule is Cc1[nH]cnc1CN1CCc2c(c3ccccc3n2C(C)C)C1O. The van der Waals surface area contributed by atoms with Crippen LogP contribution in [0.4, 0.5) is 0 Å². The van der Waals surface area contributed by atoms with Crippen molar-refractivity contribution in [1.82, 2.24) is 19.4 Å². The highest BCUT2D eigenvalue weighted by molar-refractivity contribution is 5.86. The highest BCUT2D eigenvalue weighted by Gasteiger charge is 2.32. The summed E-state index contributed by atoms with van der Waals surface area (Å²) in [5.41, 5.74) is 5.63. The summed E-state index contributed by atoms with van der Waals surface area (Å²) >= 11 is 0. The highest BCUT2D eigenvalue weighted by Crippen LogP contribution is 2.38. The number of benzene rings is 1. The maximum absolute atomic E-state index is 11.1. The number of aliphatic hydroxyl groups excluding tert-OH is 1. The van der Waals surface area contributed by atoms with Crippen molar-refractivity contribution in [3.8, 4) is 0 Å². The van der Waals surface area contributed by atoms with E-state index in [-0.39, 0.29) is 0 Å². The molecule has 0 aliphatic carbocycles. The molecule has 24 heavy (non-hydrogen) atoms. The van der Waals surface area contributed by atoms with Gasteiger partial charge in [-0.1, -0.05) is 18.2 Å². The van der Waals surface area contributed by atoms with E-state index in [2.05, 4.69) is 57.5 Å². The minimum atomic E-state index is -0.588. The Morgan fingerprint density at radius 2 is 2.12 bits per heavy atom. The summed E-state index contributed by atoms with van der Waals surface area (Å²) in [4.78, 5) is 9.61. The fourth-order valence-electron chi connectivity index (χ4n) is 3.93. The van der Waals surface area contributed by atoms with Crippen molar-refractivity contribution in [3.05, 3.63) is 53.2 Å². The molecule has 0 radical (unpaired) electrons. The van der Waals surface area contributed by atoms with Crippen molar-refractivity contribution in [1.29, 1.82) is 0 Å². The van der Waals surface area contributed by atoms with Crippen molar-refractivity contribution in [2.24, 2.45) is 0 Å². The van der Waals surface area contributed by atoms with E-state index in [9.17, 15) is 5.11 Å². The Morgan fingerprint density at radius 1 is 1.33 bits per heavy atom. The van der Waals surface area contributed by atoms with Gasteiger partial charge in [0, 0.05) is 53.4 Å². The Labute approximate surface area is 141 Å². The predicted octanol–water partition coefficient (Wildman–Crippen LogP) is 3.30. The van der Waals surface area contributed by atoms with E-state index in [1.165, 1.54) is 11.2 Å². The summed E-state index contributed by atoms with van der Waals surface area (Å²) < 4.78 is 2.38. The molecule has 1 unspecified atom stereocenters. The lowest BCUT2D eigenvalue weighted by Crippen LogP contribution is -2.35. The molecule has 4 rings (SSSR count). The lowest BCUT2D eigenvalue weighted by Gasteiger charge is -2.33. The largest absolute Gasteiger partial charge is 0.374 e.